The molecule has 0 amide bonds. The molecule has 0 spiro atoms. The van der Waals surface area contributed by atoms with Crippen LogP contribution < -0.4 is 0 Å². The molecular formula is C63H55F6N3. The summed E-state index contributed by atoms with van der Waals surface area (Å²) in [5.41, 5.74) is 6.47. The van der Waals surface area contributed by atoms with Crippen LogP contribution in [0.4, 0.5) is 26.3 Å². The number of alkyl halides is 6. The van der Waals surface area contributed by atoms with E-state index in [1.54, 1.807) is 0 Å². The zero-order valence-electron chi connectivity index (χ0n) is 41.6. The Hall–Kier alpha value is -7.26. The van der Waals surface area contributed by atoms with Crippen LogP contribution in [0.5, 0.6) is 0 Å². The van der Waals surface area contributed by atoms with Gasteiger partial charge in [-0.15, -0.1) is 0 Å². The summed E-state index contributed by atoms with van der Waals surface area (Å²) in [4.78, 5) is 0. The fourth-order valence-corrected chi connectivity index (χ4v) is 11.8. The lowest BCUT2D eigenvalue weighted by Crippen LogP contribution is -2.54. The van der Waals surface area contributed by atoms with Crippen molar-refractivity contribution in [3.8, 4) is 5.69 Å². The van der Waals surface area contributed by atoms with Crippen LogP contribution in [-0.4, -0.2) is 26.1 Å². The Balaban J connectivity index is 1.10. The lowest BCUT2D eigenvalue weighted by Gasteiger charge is -2.38. The van der Waals surface area contributed by atoms with E-state index in [1.165, 1.54) is 74.0 Å². The number of halogens is 6. The van der Waals surface area contributed by atoms with Crippen molar-refractivity contribution in [2.24, 2.45) is 0 Å². The number of fused-ring (bicyclic) bond motifs is 9. The van der Waals surface area contributed by atoms with Gasteiger partial charge in [0.2, 0.25) is 5.41 Å². The fraction of sp³-hybridized carbons (Fsp3) is 0.238. The standard InChI is InChI=1S/C63H55F6N3/c1-9-70-53-28-16-38(3)32-49(53)47-26-20-44(36-57(47)70)59(5,6)42-22-30-55-51(34-42)52-35-43(60(7,8)45-21-27-48-50-33-39(4)17-29-54(50)71(10-2)58(48)37-45)23-31-56(52)72(55)46-24-18-41(19-25-46)61(62(64,65)66,63(67,68)69)40-14-12-11-13-15-40/h11-37H,9-10H2,1-8H3. The Morgan fingerprint density at radius 1 is 0.347 bits per heavy atom. The van der Waals surface area contributed by atoms with Crippen molar-refractivity contribution in [3.05, 3.63) is 208 Å². The van der Waals surface area contributed by atoms with Crippen molar-refractivity contribution in [1.82, 2.24) is 13.7 Å². The second-order valence-corrected chi connectivity index (χ2v) is 20.7. The zero-order chi connectivity index (χ0) is 50.9. The van der Waals surface area contributed by atoms with Crippen LogP contribution in [0.1, 0.15) is 86.1 Å². The molecule has 0 aliphatic rings. The molecule has 0 unspecified atom stereocenters. The molecule has 9 heteroatoms. The topological polar surface area (TPSA) is 14.8 Å². The number of hydrogen-bond donors (Lipinski definition) is 0. The van der Waals surface area contributed by atoms with Gasteiger partial charge in [0.15, 0.2) is 0 Å². The van der Waals surface area contributed by atoms with Gasteiger partial charge in [-0.2, -0.15) is 26.3 Å². The van der Waals surface area contributed by atoms with E-state index in [9.17, 15) is 0 Å². The summed E-state index contributed by atoms with van der Waals surface area (Å²) in [7, 11) is 0. The van der Waals surface area contributed by atoms with Gasteiger partial charge in [-0.1, -0.05) is 130 Å². The van der Waals surface area contributed by atoms with Gasteiger partial charge in [0.1, 0.15) is 0 Å². The number of rotatable bonds is 9. The highest BCUT2D eigenvalue weighted by atomic mass is 19.4. The minimum absolute atomic E-state index is 0.435. The third-order valence-corrected chi connectivity index (χ3v) is 15.9. The third kappa shape index (κ3) is 6.86. The Morgan fingerprint density at radius 3 is 1.12 bits per heavy atom. The molecule has 0 aliphatic carbocycles. The van der Waals surface area contributed by atoms with E-state index >= 15 is 26.3 Å². The predicted octanol–water partition coefficient (Wildman–Crippen LogP) is 17.7. The second-order valence-electron chi connectivity index (χ2n) is 20.7. The van der Waals surface area contributed by atoms with Crippen LogP contribution in [0, 0.1) is 13.8 Å². The smallest absolute Gasteiger partial charge is 0.341 e. The first-order chi connectivity index (χ1) is 34.2. The lowest BCUT2D eigenvalue weighted by atomic mass is 9.73. The summed E-state index contributed by atoms with van der Waals surface area (Å²) in [6, 6.07) is 49.7. The molecule has 72 heavy (non-hydrogen) atoms. The molecule has 0 atom stereocenters. The lowest BCUT2D eigenvalue weighted by molar-refractivity contribution is -0.288. The molecule has 0 aliphatic heterocycles. The van der Waals surface area contributed by atoms with Crippen molar-refractivity contribution < 1.29 is 26.3 Å². The highest BCUT2D eigenvalue weighted by molar-refractivity contribution is 6.11. The van der Waals surface area contributed by atoms with Crippen LogP contribution in [0.2, 0.25) is 0 Å². The zero-order valence-corrected chi connectivity index (χ0v) is 41.6. The van der Waals surface area contributed by atoms with E-state index in [4.69, 9.17) is 0 Å². The first-order valence-corrected chi connectivity index (χ1v) is 24.7. The van der Waals surface area contributed by atoms with Gasteiger partial charge in [-0.3, -0.25) is 0 Å². The molecule has 11 rings (SSSR count). The van der Waals surface area contributed by atoms with Gasteiger partial charge >= 0.3 is 12.4 Å². The molecule has 0 saturated carbocycles. The van der Waals surface area contributed by atoms with Crippen molar-refractivity contribution in [1.29, 1.82) is 0 Å². The summed E-state index contributed by atoms with van der Waals surface area (Å²) in [6.07, 6.45) is -11.4. The first kappa shape index (κ1) is 47.1. The van der Waals surface area contributed by atoms with E-state index in [-0.39, 0.29) is 0 Å². The summed E-state index contributed by atoms with van der Waals surface area (Å²) < 4.78 is 97.7. The minimum atomic E-state index is -5.69. The molecule has 0 saturated heterocycles. The van der Waals surface area contributed by atoms with Gasteiger partial charge in [-0.25, -0.2) is 0 Å². The highest BCUT2D eigenvalue weighted by Crippen LogP contribution is 2.56. The SMILES string of the molecule is CCn1c2ccc(C)cc2c2ccc(C(C)(C)c3ccc4c(c3)c3cc(C(C)(C)c5ccc6c7cc(C)ccc7n(CC)c6c5)ccc3n4-c3ccc(C(c4ccccc4)(C(F)(F)F)C(F)(F)F)cc3)cc21. The molecule has 3 nitrogen and oxygen atoms in total. The van der Waals surface area contributed by atoms with E-state index in [0.29, 0.717) is 5.69 Å². The normalized spacial score (nSPS) is 13.2. The van der Waals surface area contributed by atoms with Crippen molar-refractivity contribution in [2.75, 3.05) is 0 Å². The quantitative estimate of drug-likeness (QED) is 0.128. The van der Waals surface area contributed by atoms with Crippen molar-refractivity contribution >= 4 is 65.4 Å². The molecule has 3 aromatic heterocycles. The average molecular weight is 968 g/mol. The average Bonchev–Trinajstić information content (AvgIpc) is 3.97. The number of nitrogens with zero attached hydrogens (tertiary/aromatic N) is 3. The van der Waals surface area contributed by atoms with E-state index in [1.807, 2.05) is 16.7 Å². The van der Waals surface area contributed by atoms with E-state index < -0.39 is 39.7 Å². The Morgan fingerprint density at radius 2 is 0.708 bits per heavy atom. The predicted molar refractivity (Wildman–Crippen MR) is 284 cm³/mol. The molecule has 0 fully saturated rings. The second kappa shape index (κ2) is 16.4. The van der Waals surface area contributed by atoms with Crippen LogP contribution in [0.3, 0.4) is 0 Å². The highest BCUT2D eigenvalue weighted by Gasteiger charge is 2.72. The van der Waals surface area contributed by atoms with Gasteiger partial charge in [0, 0.05) is 84.0 Å². The van der Waals surface area contributed by atoms with Crippen LogP contribution in [-0.2, 0) is 29.3 Å². The van der Waals surface area contributed by atoms with Gasteiger partial charge in [0.25, 0.3) is 0 Å². The molecule has 11 aromatic rings. The summed E-state index contributed by atoms with van der Waals surface area (Å²) in [5.74, 6) is 0. The maximum absolute atomic E-state index is 15.2. The van der Waals surface area contributed by atoms with Crippen LogP contribution in [0.15, 0.2) is 164 Å². The Bertz CT molecular complexity index is 3720. The molecular weight excluding hydrogens is 913 g/mol. The Labute approximate surface area is 414 Å². The van der Waals surface area contributed by atoms with Gasteiger partial charge in [-0.05, 0) is 134 Å². The summed E-state index contributed by atoms with van der Waals surface area (Å²) >= 11 is 0. The van der Waals surface area contributed by atoms with Crippen LogP contribution in [0.25, 0.3) is 71.1 Å². The van der Waals surface area contributed by atoms with Gasteiger partial charge < -0.3 is 13.7 Å². The van der Waals surface area contributed by atoms with Crippen molar-refractivity contribution in [3.63, 3.8) is 0 Å². The largest absolute Gasteiger partial charge is 0.411 e. The maximum Gasteiger partial charge on any atom is 0.411 e. The molecule has 0 bridgehead atoms. The molecule has 8 aromatic carbocycles. The molecule has 0 radical (unpaired) electrons. The summed E-state index contributed by atoms with van der Waals surface area (Å²) in [5, 5.41) is 6.68. The molecule has 364 valence electrons. The number of benzene rings is 8. The van der Waals surface area contributed by atoms with Gasteiger partial charge in [0.05, 0.1) is 11.0 Å². The molecule has 3 heterocycles. The Kier molecular flexibility index (Phi) is 10.7. The number of aryl methyl sites for hydroxylation is 4. The monoisotopic (exact) mass is 967 g/mol. The maximum atomic E-state index is 15.2. The van der Waals surface area contributed by atoms with Crippen molar-refractivity contribution in [2.45, 2.75) is 97.1 Å². The summed E-state index contributed by atoms with van der Waals surface area (Å²) in [6.45, 7) is 19.1. The van der Waals surface area contributed by atoms with E-state index in [0.717, 1.165) is 92.4 Å². The first-order valence-electron chi connectivity index (χ1n) is 24.7. The fourth-order valence-electron chi connectivity index (χ4n) is 11.8. The third-order valence-electron chi connectivity index (χ3n) is 15.9. The minimum Gasteiger partial charge on any atom is -0.341 e. The molecule has 0 N–H and O–H groups in total. The number of hydrogen-bond acceptors (Lipinski definition) is 0. The number of aromatic nitrogens is 3. The van der Waals surface area contributed by atoms with Crippen LogP contribution >= 0.6 is 0 Å². The van der Waals surface area contributed by atoms with E-state index in [2.05, 4.69) is 162 Å².